The van der Waals surface area contributed by atoms with E-state index in [0.717, 1.165) is 23.3 Å². The third kappa shape index (κ3) is 4.33. The maximum absolute atomic E-state index is 12.4. The summed E-state index contributed by atoms with van der Waals surface area (Å²) in [6.07, 6.45) is 0. The third-order valence-corrected chi connectivity index (χ3v) is 4.60. The van der Waals surface area contributed by atoms with Gasteiger partial charge in [0.05, 0.1) is 12.6 Å². The predicted octanol–water partition coefficient (Wildman–Crippen LogP) is 4.36. The number of rotatable bonds is 6. The standard InChI is InChI=1S/C22H26N2O2/c1-15-9-10-19(16(2)11-15)13-24(4)14-22(25)23-17(3)21-12-18-7-5-6-8-20(18)26-21/h5-12,17H,13-14H2,1-4H3,(H,23,25). The Morgan fingerprint density at radius 2 is 1.92 bits per heavy atom. The van der Waals surface area contributed by atoms with Gasteiger partial charge >= 0.3 is 0 Å². The fourth-order valence-electron chi connectivity index (χ4n) is 3.19. The van der Waals surface area contributed by atoms with E-state index < -0.39 is 0 Å². The highest BCUT2D eigenvalue weighted by molar-refractivity contribution is 5.80. The van der Waals surface area contributed by atoms with Crippen molar-refractivity contribution in [2.45, 2.75) is 33.4 Å². The highest BCUT2D eigenvalue weighted by atomic mass is 16.3. The number of benzene rings is 2. The average Bonchev–Trinajstić information content (AvgIpc) is 3.01. The smallest absolute Gasteiger partial charge is 0.234 e. The summed E-state index contributed by atoms with van der Waals surface area (Å²) in [5, 5.41) is 4.07. The van der Waals surface area contributed by atoms with Gasteiger partial charge in [-0.05, 0) is 51.1 Å². The van der Waals surface area contributed by atoms with Crippen LogP contribution in [-0.2, 0) is 11.3 Å². The Morgan fingerprint density at radius 1 is 1.15 bits per heavy atom. The largest absolute Gasteiger partial charge is 0.459 e. The molecule has 0 aliphatic heterocycles. The molecule has 4 heteroatoms. The van der Waals surface area contributed by atoms with E-state index >= 15 is 0 Å². The second kappa shape index (κ2) is 7.75. The van der Waals surface area contributed by atoms with E-state index in [1.54, 1.807) is 0 Å². The molecule has 1 amide bonds. The summed E-state index contributed by atoms with van der Waals surface area (Å²) in [4.78, 5) is 14.4. The lowest BCUT2D eigenvalue weighted by atomic mass is 10.1. The van der Waals surface area contributed by atoms with Gasteiger partial charge in [-0.1, -0.05) is 42.0 Å². The molecule has 1 atom stereocenters. The van der Waals surface area contributed by atoms with E-state index in [1.807, 2.05) is 49.2 Å². The number of aryl methyl sites for hydroxylation is 2. The molecule has 136 valence electrons. The lowest BCUT2D eigenvalue weighted by Gasteiger charge is -2.19. The van der Waals surface area contributed by atoms with Gasteiger partial charge in [-0.2, -0.15) is 0 Å². The zero-order valence-corrected chi connectivity index (χ0v) is 15.9. The van der Waals surface area contributed by atoms with Crippen LogP contribution in [0.2, 0.25) is 0 Å². The minimum absolute atomic E-state index is 0.00905. The molecule has 1 heterocycles. The first-order chi connectivity index (χ1) is 12.4. The molecule has 0 aliphatic rings. The lowest BCUT2D eigenvalue weighted by Crippen LogP contribution is -2.36. The molecule has 4 nitrogen and oxygen atoms in total. The van der Waals surface area contributed by atoms with Crippen molar-refractivity contribution >= 4 is 16.9 Å². The van der Waals surface area contributed by atoms with E-state index in [-0.39, 0.29) is 11.9 Å². The highest BCUT2D eigenvalue weighted by Gasteiger charge is 2.15. The van der Waals surface area contributed by atoms with Gasteiger partial charge < -0.3 is 9.73 Å². The number of carbonyl (C=O) groups excluding carboxylic acids is 1. The molecule has 0 saturated heterocycles. The summed E-state index contributed by atoms with van der Waals surface area (Å²) >= 11 is 0. The van der Waals surface area contributed by atoms with Crippen LogP contribution in [0.4, 0.5) is 0 Å². The highest BCUT2D eigenvalue weighted by Crippen LogP contribution is 2.23. The van der Waals surface area contributed by atoms with Gasteiger partial charge in [-0.3, -0.25) is 9.69 Å². The van der Waals surface area contributed by atoms with Gasteiger partial charge in [0.15, 0.2) is 0 Å². The Balaban J connectivity index is 1.57. The van der Waals surface area contributed by atoms with Crippen molar-refractivity contribution in [2.24, 2.45) is 0 Å². The second-order valence-corrected chi connectivity index (χ2v) is 7.08. The van der Waals surface area contributed by atoms with Crippen LogP contribution in [0, 0.1) is 13.8 Å². The van der Waals surface area contributed by atoms with Crippen molar-refractivity contribution in [3.05, 3.63) is 71.0 Å². The van der Waals surface area contributed by atoms with Gasteiger partial charge in [0.1, 0.15) is 11.3 Å². The summed E-state index contributed by atoms with van der Waals surface area (Å²) in [6, 6.07) is 16.1. The monoisotopic (exact) mass is 350 g/mol. The Bertz CT molecular complexity index is 880. The molecule has 0 fully saturated rings. The Labute approximate surface area is 154 Å². The number of furan rings is 1. The van der Waals surface area contributed by atoms with Gasteiger partial charge in [0, 0.05) is 11.9 Å². The number of fused-ring (bicyclic) bond motifs is 1. The molecule has 0 aliphatic carbocycles. The molecular weight excluding hydrogens is 324 g/mol. The third-order valence-electron chi connectivity index (χ3n) is 4.60. The van der Waals surface area contributed by atoms with Gasteiger partial charge in [0.2, 0.25) is 5.91 Å². The van der Waals surface area contributed by atoms with Crippen LogP contribution in [-0.4, -0.2) is 24.4 Å². The van der Waals surface area contributed by atoms with E-state index in [4.69, 9.17) is 4.42 Å². The summed E-state index contributed by atoms with van der Waals surface area (Å²) in [7, 11) is 1.96. The maximum atomic E-state index is 12.4. The number of hydrogen-bond donors (Lipinski definition) is 1. The average molecular weight is 350 g/mol. The quantitative estimate of drug-likeness (QED) is 0.718. The summed E-state index contributed by atoms with van der Waals surface area (Å²) < 4.78 is 5.83. The van der Waals surface area contributed by atoms with E-state index in [9.17, 15) is 4.79 Å². The molecule has 0 radical (unpaired) electrons. The van der Waals surface area contributed by atoms with E-state index in [0.29, 0.717) is 6.54 Å². The molecule has 1 unspecified atom stereocenters. The summed E-state index contributed by atoms with van der Waals surface area (Å²) in [5.74, 6) is 0.766. The molecule has 1 aromatic heterocycles. The summed E-state index contributed by atoms with van der Waals surface area (Å²) in [5.41, 5.74) is 4.60. The Kier molecular flexibility index (Phi) is 5.43. The number of carbonyl (C=O) groups is 1. The van der Waals surface area contributed by atoms with Crippen LogP contribution < -0.4 is 5.32 Å². The number of hydrogen-bond acceptors (Lipinski definition) is 3. The Morgan fingerprint density at radius 3 is 2.65 bits per heavy atom. The van der Waals surface area contributed by atoms with Gasteiger partial charge in [-0.15, -0.1) is 0 Å². The first-order valence-corrected chi connectivity index (χ1v) is 8.95. The molecule has 1 N–H and O–H groups in total. The molecule has 3 rings (SSSR count). The number of nitrogens with zero attached hydrogens (tertiary/aromatic N) is 1. The van der Waals surface area contributed by atoms with Crippen molar-refractivity contribution < 1.29 is 9.21 Å². The second-order valence-electron chi connectivity index (χ2n) is 7.08. The van der Waals surface area contributed by atoms with Gasteiger partial charge in [0.25, 0.3) is 0 Å². The first kappa shape index (κ1) is 18.2. The number of amides is 1. The molecule has 0 spiro atoms. The van der Waals surface area contributed by atoms with E-state index in [2.05, 4.69) is 37.4 Å². The molecule has 0 saturated carbocycles. The van der Waals surface area contributed by atoms with Crippen LogP contribution in [0.25, 0.3) is 11.0 Å². The first-order valence-electron chi connectivity index (χ1n) is 8.95. The number of para-hydroxylation sites is 1. The van der Waals surface area contributed by atoms with Crippen LogP contribution >= 0.6 is 0 Å². The number of nitrogens with one attached hydrogen (secondary N) is 1. The van der Waals surface area contributed by atoms with Crippen molar-refractivity contribution in [3.8, 4) is 0 Å². The van der Waals surface area contributed by atoms with Crippen LogP contribution in [0.5, 0.6) is 0 Å². The van der Waals surface area contributed by atoms with E-state index in [1.165, 1.54) is 16.7 Å². The fourth-order valence-corrected chi connectivity index (χ4v) is 3.19. The fraction of sp³-hybridized carbons (Fsp3) is 0.318. The SMILES string of the molecule is Cc1ccc(CN(C)CC(=O)NC(C)c2cc3ccccc3o2)c(C)c1. The van der Waals surface area contributed by atoms with Crippen LogP contribution in [0.1, 0.15) is 35.4 Å². The topological polar surface area (TPSA) is 45.5 Å². The molecule has 3 aromatic rings. The summed E-state index contributed by atoms with van der Waals surface area (Å²) in [6.45, 7) is 7.24. The normalized spacial score (nSPS) is 12.5. The van der Waals surface area contributed by atoms with Crippen LogP contribution in [0.3, 0.4) is 0 Å². The van der Waals surface area contributed by atoms with Crippen molar-refractivity contribution in [1.82, 2.24) is 10.2 Å². The molecule has 2 aromatic carbocycles. The Hall–Kier alpha value is -2.59. The zero-order valence-electron chi connectivity index (χ0n) is 15.9. The van der Waals surface area contributed by atoms with Crippen LogP contribution in [0.15, 0.2) is 52.9 Å². The predicted molar refractivity (Wildman–Crippen MR) is 105 cm³/mol. The van der Waals surface area contributed by atoms with Crippen molar-refractivity contribution in [2.75, 3.05) is 13.6 Å². The number of likely N-dealkylation sites (N-methyl/N-ethyl adjacent to an activating group) is 1. The minimum Gasteiger partial charge on any atom is -0.459 e. The minimum atomic E-state index is -0.163. The van der Waals surface area contributed by atoms with Crippen molar-refractivity contribution in [3.63, 3.8) is 0 Å². The van der Waals surface area contributed by atoms with Gasteiger partial charge in [-0.25, -0.2) is 0 Å². The molecule has 0 bridgehead atoms. The van der Waals surface area contributed by atoms with Crippen molar-refractivity contribution in [1.29, 1.82) is 0 Å². The maximum Gasteiger partial charge on any atom is 0.234 e. The lowest BCUT2D eigenvalue weighted by molar-refractivity contribution is -0.122. The molecular formula is C22H26N2O2. The molecule has 26 heavy (non-hydrogen) atoms. The zero-order chi connectivity index (χ0) is 18.7.